The van der Waals surface area contributed by atoms with Crippen LogP contribution >= 0.6 is 0 Å². The van der Waals surface area contributed by atoms with Crippen molar-refractivity contribution >= 4 is 23.9 Å². The molecule has 1 aromatic carbocycles. The van der Waals surface area contributed by atoms with Crippen molar-refractivity contribution in [3.8, 4) is 11.5 Å². The number of nitrogens with one attached hydrogen (secondary N) is 1. The van der Waals surface area contributed by atoms with E-state index in [0.29, 0.717) is 56.8 Å². The maximum Gasteiger partial charge on any atom is 0.414 e. The van der Waals surface area contributed by atoms with Crippen LogP contribution in [0.1, 0.15) is 79.2 Å². The number of methoxy groups -OCH3 is 2. The molecule has 14 nitrogen and oxygen atoms in total. The monoisotopic (exact) mass is 734 g/mol. The minimum atomic E-state index is -0.919. The molecule has 0 radical (unpaired) electrons. The van der Waals surface area contributed by atoms with Crippen molar-refractivity contribution in [3.63, 3.8) is 0 Å². The summed E-state index contributed by atoms with van der Waals surface area (Å²) >= 11 is 0. The molecular weight excluding hydrogens is 672 g/mol. The van der Waals surface area contributed by atoms with Crippen molar-refractivity contribution < 1.29 is 47.6 Å². The molecule has 0 aromatic heterocycles. The predicted molar refractivity (Wildman–Crippen MR) is 194 cm³/mol. The number of nitrogens with two attached hydrogens (primary N) is 2. The van der Waals surface area contributed by atoms with Crippen molar-refractivity contribution in [2.75, 3.05) is 54.0 Å². The molecule has 1 aliphatic carbocycles. The second-order valence-corrected chi connectivity index (χ2v) is 15.5. The van der Waals surface area contributed by atoms with Crippen LogP contribution in [0, 0.1) is 34.5 Å². The molecule has 52 heavy (non-hydrogen) atoms. The Morgan fingerprint density at radius 2 is 1.73 bits per heavy atom. The third kappa shape index (κ3) is 11.7. The summed E-state index contributed by atoms with van der Waals surface area (Å²) in [5.41, 5.74) is 10.7. The first-order chi connectivity index (χ1) is 24.6. The van der Waals surface area contributed by atoms with Crippen LogP contribution in [-0.2, 0) is 39.8 Å². The number of nitrogens with zero attached hydrogens (tertiary/aromatic N) is 1. The summed E-state index contributed by atoms with van der Waals surface area (Å²) in [6.45, 7) is 12.3. The van der Waals surface area contributed by atoms with Gasteiger partial charge >= 0.3 is 12.1 Å². The van der Waals surface area contributed by atoms with E-state index in [0.717, 1.165) is 12.0 Å². The fraction of sp³-hybridized carbons (Fsp3) is 0.737. The Balaban J connectivity index is 1.83. The van der Waals surface area contributed by atoms with Crippen molar-refractivity contribution in [1.82, 2.24) is 10.2 Å². The number of hydrogen-bond donors (Lipinski definition) is 3. The predicted octanol–water partition coefficient (Wildman–Crippen LogP) is 4.01. The number of ether oxygens (including phenoxy) is 6. The molecule has 294 valence electrons. The highest BCUT2D eigenvalue weighted by Gasteiger charge is 2.50. The number of benzene rings is 1. The molecule has 1 heterocycles. The van der Waals surface area contributed by atoms with Crippen LogP contribution in [0.2, 0.25) is 0 Å². The van der Waals surface area contributed by atoms with E-state index in [-0.39, 0.29) is 43.5 Å². The molecule has 1 aliphatic heterocycles. The number of primary amides is 1. The van der Waals surface area contributed by atoms with Gasteiger partial charge < -0.3 is 45.2 Å². The quantitative estimate of drug-likeness (QED) is 0.0887. The van der Waals surface area contributed by atoms with Crippen LogP contribution < -0.4 is 26.3 Å². The molecular formula is C38H62N4O10. The summed E-state index contributed by atoms with van der Waals surface area (Å²) < 4.78 is 33.7. The molecule has 5 N–H and O–H groups in total. The Morgan fingerprint density at radius 3 is 2.31 bits per heavy atom. The Kier molecular flexibility index (Phi) is 16.0. The third-order valence-corrected chi connectivity index (χ3v) is 10.5. The van der Waals surface area contributed by atoms with Crippen LogP contribution in [-0.4, -0.2) is 95.0 Å². The van der Waals surface area contributed by atoms with Crippen molar-refractivity contribution in [2.45, 2.75) is 92.2 Å². The highest BCUT2D eigenvalue weighted by Crippen LogP contribution is 2.45. The van der Waals surface area contributed by atoms with Gasteiger partial charge in [0.25, 0.3) is 0 Å². The number of amides is 3. The van der Waals surface area contributed by atoms with Gasteiger partial charge in [-0.2, -0.15) is 0 Å². The van der Waals surface area contributed by atoms with Crippen molar-refractivity contribution in [2.24, 2.45) is 46.0 Å². The summed E-state index contributed by atoms with van der Waals surface area (Å²) in [5, 5.41) is 2.91. The van der Waals surface area contributed by atoms with Crippen LogP contribution in [0.25, 0.3) is 0 Å². The molecule has 3 rings (SSSR count). The zero-order valence-corrected chi connectivity index (χ0v) is 32.4. The number of esters is 1. The number of carbonyl (C=O) groups is 4. The lowest BCUT2D eigenvalue weighted by molar-refractivity contribution is -0.158. The van der Waals surface area contributed by atoms with E-state index in [4.69, 9.17) is 39.9 Å². The van der Waals surface area contributed by atoms with Crippen LogP contribution in [0.5, 0.6) is 11.5 Å². The molecule has 0 unspecified atom stereocenters. The lowest BCUT2D eigenvalue weighted by Gasteiger charge is -2.33. The molecule has 2 fully saturated rings. The molecule has 4 atom stereocenters. The zero-order chi connectivity index (χ0) is 38.6. The van der Waals surface area contributed by atoms with Gasteiger partial charge in [0.1, 0.15) is 6.73 Å². The largest absolute Gasteiger partial charge is 0.493 e. The normalized spacial score (nSPS) is 19.2. The molecule has 3 amide bonds. The van der Waals surface area contributed by atoms with E-state index < -0.39 is 53.7 Å². The van der Waals surface area contributed by atoms with Crippen LogP contribution in [0.4, 0.5) is 4.79 Å². The van der Waals surface area contributed by atoms with Gasteiger partial charge in [-0.05, 0) is 81.4 Å². The number of carbonyl (C=O) groups excluding carboxylic acids is 4. The molecule has 1 saturated heterocycles. The minimum Gasteiger partial charge on any atom is -0.493 e. The van der Waals surface area contributed by atoms with E-state index >= 15 is 0 Å². The zero-order valence-electron chi connectivity index (χ0n) is 32.4. The minimum absolute atomic E-state index is 0.0528. The molecule has 1 aromatic rings. The first kappa shape index (κ1) is 42.8. The van der Waals surface area contributed by atoms with Gasteiger partial charge in [-0.3, -0.25) is 19.3 Å². The highest BCUT2D eigenvalue weighted by atomic mass is 16.7. The lowest BCUT2D eigenvalue weighted by atomic mass is 9.80. The van der Waals surface area contributed by atoms with Crippen LogP contribution in [0.3, 0.4) is 0 Å². The summed E-state index contributed by atoms with van der Waals surface area (Å²) in [5.74, 6) is -0.169. The van der Waals surface area contributed by atoms with Crippen molar-refractivity contribution in [3.05, 3.63) is 23.8 Å². The molecule has 0 bridgehead atoms. The average Bonchev–Trinajstić information content (AvgIpc) is 3.81. The Bertz CT molecular complexity index is 1350. The molecule has 14 heteroatoms. The van der Waals surface area contributed by atoms with E-state index in [2.05, 4.69) is 19.2 Å². The number of hydrogen-bond acceptors (Lipinski definition) is 11. The van der Waals surface area contributed by atoms with Gasteiger partial charge in [0.2, 0.25) is 18.6 Å². The highest BCUT2D eigenvalue weighted by molar-refractivity contribution is 5.83. The molecule has 2 aliphatic rings. The SMILES string of the molecule is COCCCOc1cc(C[C@@H](C[C@H]2[C@H](C[C@H](C(=O)NCC(C)(C)C(N)=O)C(C)C)OCN2C(=O)OCOC(=O)C2(CN)CC2)C(C)C)ccc1OC. The van der Waals surface area contributed by atoms with Gasteiger partial charge in [-0.15, -0.1) is 0 Å². The lowest BCUT2D eigenvalue weighted by Crippen LogP contribution is -2.47. The topological polar surface area (TPSA) is 191 Å². The smallest absolute Gasteiger partial charge is 0.414 e. The van der Waals surface area contributed by atoms with E-state index in [1.54, 1.807) is 28.1 Å². The van der Waals surface area contributed by atoms with Gasteiger partial charge in [-0.25, -0.2) is 4.79 Å². The van der Waals surface area contributed by atoms with Crippen molar-refractivity contribution in [1.29, 1.82) is 0 Å². The summed E-state index contributed by atoms with van der Waals surface area (Å²) in [4.78, 5) is 53.0. The maximum atomic E-state index is 13.6. The third-order valence-electron chi connectivity index (χ3n) is 10.5. The fourth-order valence-electron chi connectivity index (χ4n) is 6.30. The molecule has 1 saturated carbocycles. The van der Waals surface area contributed by atoms with Gasteiger partial charge in [0.15, 0.2) is 11.5 Å². The summed E-state index contributed by atoms with van der Waals surface area (Å²) in [6, 6.07) is 5.45. The van der Waals surface area contributed by atoms with Gasteiger partial charge in [-0.1, -0.05) is 33.8 Å². The average molecular weight is 735 g/mol. The Hall–Kier alpha value is -3.62. The van der Waals surface area contributed by atoms with Crippen LogP contribution in [0.15, 0.2) is 18.2 Å². The second kappa shape index (κ2) is 19.5. The first-order valence-electron chi connectivity index (χ1n) is 18.4. The first-order valence-corrected chi connectivity index (χ1v) is 18.4. The second-order valence-electron chi connectivity index (χ2n) is 15.5. The van der Waals surface area contributed by atoms with E-state index in [9.17, 15) is 19.2 Å². The van der Waals surface area contributed by atoms with Gasteiger partial charge in [0.05, 0.1) is 36.7 Å². The Morgan fingerprint density at radius 1 is 1.02 bits per heavy atom. The fourth-order valence-corrected chi connectivity index (χ4v) is 6.30. The summed E-state index contributed by atoms with van der Waals surface area (Å²) in [7, 11) is 3.26. The maximum absolute atomic E-state index is 13.6. The molecule has 0 spiro atoms. The van der Waals surface area contributed by atoms with E-state index in [1.165, 1.54) is 4.90 Å². The van der Waals surface area contributed by atoms with Gasteiger partial charge in [0, 0.05) is 39.1 Å². The Labute approximate surface area is 308 Å². The summed E-state index contributed by atoms with van der Waals surface area (Å²) in [6.07, 6.45) is 2.41. The standard InChI is InChI=1S/C38H62N4O10/c1-24(2)27(16-26-10-11-30(48-8)32(17-26)49-15-9-14-47-7)18-29-31(19-28(25(3)4)33(43)41-21-37(5,6)34(40)44)50-22-42(29)36(46)52-23-51-35(45)38(20-39)12-13-38/h10-11,17,24-25,27-29,31H,9,12-16,18-23,39H2,1-8H3,(H2,40,44)(H,41,43)/t27-,28-,29-,31-/m0/s1. The number of rotatable bonds is 22. The van der Waals surface area contributed by atoms with E-state index in [1.807, 2.05) is 32.0 Å².